The average molecular weight is 275 g/mol. The number of piperazine rings is 1. The first-order chi connectivity index (χ1) is 8.20. The number of methoxy groups -OCH3 is 1. The van der Waals surface area contributed by atoms with Crippen LogP contribution in [-0.2, 0) is 6.54 Å². The van der Waals surface area contributed by atoms with Crippen LogP contribution in [0.2, 0.25) is 0 Å². The highest BCUT2D eigenvalue weighted by molar-refractivity contribution is 5.85. The molecule has 2 heterocycles. The van der Waals surface area contributed by atoms with E-state index < -0.39 is 0 Å². The lowest BCUT2D eigenvalue weighted by Crippen LogP contribution is -2.49. The second kappa shape index (κ2) is 6.78. The van der Waals surface area contributed by atoms with Crippen molar-refractivity contribution in [2.45, 2.75) is 19.5 Å². The van der Waals surface area contributed by atoms with E-state index in [1.165, 1.54) is 19.4 Å². The number of hydrogen-bond acceptors (Lipinski definition) is 5. The predicted molar refractivity (Wildman–Crippen MR) is 71.5 cm³/mol. The van der Waals surface area contributed by atoms with Crippen LogP contribution in [-0.4, -0.2) is 37.7 Å². The van der Waals surface area contributed by atoms with E-state index in [2.05, 4.69) is 17.1 Å². The van der Waals surface area contributed by atoms with E-state index in [1.807, 2.05) is 0 Å². The number of hydrogen-bond donors (Lipinski definition) is 1. The number of nitrogens with zero attached hydrogens (tertiary/aromatic N) is 1. The van der Waals surface area contributed by atoms with Gasteiger partial charge in [0.05, 0.1) is 13.7 Å². The molecule has 0 radical (unpaired) electrons. The first kappa shape index (κ1) is 15.0. The highest BCUT2D eigenvalue weighted by Gasteiger charge is 2.19. The fraction of sp³-hybridized carbons (Fsp3) is 0.583. The molecule has 1 saturated heterocycles. The van der Waals surface area contributed by atoms with Gasteiger partial charge in [-0.3, -0.25) is 9.69 Å². The topological polar surface area (TPSA) is 54.7 Å². The smallest absolute Gasteiger partial charge is 0.227 e. The molecule has 1 aliphatic heterocycles. The van der Waals surface area contributed by atoms with Crippen LogP contribution in [0, 0.1) is 0 Å². The molecule has 1 fully saturated rings. The van der Waals surface area contributed by atoms with Crippen molar-refractivity contribution in [3.8, 4) is 5.75 Å². The lowest BCUT2D eigenvalue weighted by Gasteiger charge is -2.33. The van der Waals surface area contributed by atoms with Crippen LogP contribution in [0.25, 0.3) is 0 Å². The third-order valence-electron chi connectivity index (χ3n) is 3.07. The van der Waals surface area contributed by atoms with E-state index in [0.29, 0.717) is 18.3 Å². The summed E-state index contributed by atoms with van der Waals surface area (Å²) in [5.41, 5.74) is -0.128. The molecule has 1 atom stereocenters. The van der Waals surface area contributed by atoms with E-state index in [4.69, 9.17) is 9.15 Å². The summed E-state index contributed by atoms with van der Waals surface area (Å²) in [6, 6.07) is 1.96. The summed E-state index contributed by atoms with van der Waals surface area (Å²) in [7, 11) is 1.46. The largest absolute Gasteiger partial charge is 0.490 e. The Morgan fingerprint density at radius 2 is 2.39 bits per heavy atom. The van der Waals surface area contributed by atoms with Gasteiger partial charge in [0, 0.05) is 31.7 Å². The molecule has 0 saturated carbocycles. The summed E-state index contributed by atoms with van der Waals surface area (Å²) < 4.78 is 10.3. The van der Waals surface area contributed by atoms with E-state index in [-0.39, 0.29) is 23.6 Å². The molecule has 2 rings (SSSR count). The van der Waals surface area contributed by atoms with Crippen molar-refractivity contribution < 1.29 is 9.15 Å². The maximum Gasteiger partial charge on any atom is 0.227 e. The molecule has 18 heavy (non-hydrogen) atoms. The van der Waals surface area contributed by atoms with Gasteiger partial charge >= 0.3 is 0 Å². The summed E-state index contributed by atoms with van der Waals surface area (Å²) in [4.78, 5) is 13.9. The van der Waals surface area contributed by atoms with Gasteiger partial charge in [-0.25, -0.2) is 0 Å². The van der Waals surface area contributed by atoms with Crippen molar-refractivity contribution in [3.05, 3.63) is 28.3 Å². The minimum Gasteiger partial charge on any atom is -0.490 e. The van der Waals surface area contributed by atoms with Gasteiger partial charge in [0.1, 0.15) is 12.0 Å². The number of ether oxygens (including phenoxy) is 1. The maximum absolute atomic E-state index is 11.6. The van der Waals surface area contributed by atoms with Crippen molar-refractivity contribution in [2.75, 3.05) is 26.7 Å². The van der Waals surface area contributed by atoms with Crippen LogP contribution in [0.4, 0.5) is 0 Å². The zero-order chi connectivity index (χ0) is 12.3. The van der Waals surface area contributed by atoms with Crippen molar-refractivity contribution in [3.63, 3.8) is 0 Å². The molecule has 0 aliphatic carbocycles. The Balaban J connectivity index is 0.00000162. The van der Waals surface area contributed by atoms with Crippen LogP contribution < -0.4 is 15.5 Å². The number of rotatable bonds is 3. The quantitative estimate of drug-likeness (QED) is 0.886. The van der Waals surface area contributed by atoms with Crippen LogP contribution in [0.3, 0.4) is 0 Å². The molecule has 6 heteroatoms. The second-order valence-electron chi connectivity index (χ2n) is 4.30. The van der Waals surface area contributed by atoms with Crippen LogP contribution >= 0.6 is 12.4 Å². The van der Waals surface area contributed by atoms with Gasteiger partial charge < -0.3 is 14.5 Å². The van der Waals surface area contributed by atoms with Crippen molar-refractivity contribution in [1.82, 2.24) is 10.2 Å². The molecule has 1 aromatic rings. The molecule has 0 spiro atoms. The summed E-state index contributed by atoms with van der Waals surface area (Å²) in [6.45, 7) is 5.75. The summed E-state index contributed by atoms with van der Waals surface area (Å²) >= 11 is 0. The second-order valence-corrected chi connectivity index (χ2v) is 4.30. The Morgan fingerprint density at radius 1 is 1.61 bits per heavy atom. The van der Waals surface area contributed by atoms with Gasteiger partial charge in [-0.2, -0.15) is 0 Å². The van der Waals surface area contributed by atoms with Gasteiger partial charge in [-0.1, -0.05) is 0 Å². The molecule has 1 aliphatic rings. The lowest BCUT2D eigenvalue weighted by atomic mass is 10.2. The molecule has 1 N–H and O–H groups in total. The first-order valence-corrected chi connectivity index (χ1v) is 5.81. The molecular weight excluding hydrogens is 256 g/mol. The minimum atomic E-state index is -0.128. The summed E-state index contributed by atoms with van der Waals surface area (Å²) in [6.07, 6.45) is 1.38. The van der Waals surface area contributed by atoms with Gasteiger partial charge in [-0.15, -0.1) is 12.4 Å². The van der Waals surface area contributed by atoms with Crippen molar-refractivity contribution in [1.29, 1.82) is 0 Å². The van der Waals surface area contributed by atoms with Gasteiger partial charge in [0.15, 0.2) is 0 Å². The molecule has 0 unspecified atom stereocenters. The molecule has 0 aromatic carbocycles. The van der Waals surface area contributed by atoms with Gasteiger partial charge in [-0.05, 0) is 6.92 Å². The van der Waals surface area contributed by atoms with E-state index >= 15 is 0 Å². The van der Waals surface area contributed by atoms with E-state index in [9.17, 15) is 4.79 Å². The fourth-order valence-corrected chi connectivity index (χ4v) is 1.99. The summed E-state index contributed by atoms with van der Waals surface area (Å²) in [5.74, 6) is 0.937. The van der Waals surface area contributed by atoms with E-state index in [1.54, 1.807) is 0 Å². The third kappa shape index (κ3) is 3.48. The third-order valence-corrected chi connectivity index (χ3v) is 3.07. The first-order valence-electron chi connectivity index (χ1n) is 5.81. The molecule has 0 amide bonds. The Bertz CT molecular complexity index is 436. The van der Waals surface area contributed by atoms with Gasteiger partial charge in [0.25, 0.3) is 0 Å². The van der Waals surface area contributed by atoms with Crippen LogP contribution in [0.5, 0.6) is 5.75 Å². The SMILES string of the molecule is COc1coc(CN2CCNC[C@@H]2C)cc1=O.Cl. The lowest BCUT2D eigenvalue weighted by molar-refractivity contribution is 0.152. The number of nitrogens with one attached hydrogen (secondary N) is 1. The Hall–Kier alpha value is -1.04. The number of halogens is 1. The Morgan fingerprint density at radius 3 is 3.00 bits per heavy atom. The Labute approximate surface area is 113 Å². The zero-order valence-electron chi connectivity index (χ0n) is 10.6. The standard InChI is InChI=1S/C12H18N2O3.ClH/c1-9-6-13-3-4-14(9)7-10-5-11(15)12(16-2)8-17-10;/h5,8-9,13H,3-4,6-7H2,1-2H3;1H/t9-;/m0./s1. The molecule has 1 aromatic heterocycles. The molecule has 5 nitrogen and oxygen atoms in total. The molecular formula is C12H19ClN2O3. The van der Waals surface area contributed by atoms with Crippen LogP contribution in [0.1, 0.15) is 12.7 Å². The highest BCUT2D eigenvalue weighted by atomic mass is 35.5. The monoisotopic (exact) mass is 274 g/mol. The zero-order valence-corrected chi connectivity index (χ0v) is 11.5. The fourth-order valence-electron chi connectivity index (χ4n) is 1.99. The maximum atomic E-state index is 11.6. The normalized spacial score (nSPS) is 20.2. The molecule has 102 valence electrons. The van der Waals surface area contributed by atoms with Crippen LogP contribution in [0.15, 0.2) is 21.5 Å². The minimum absolute atomic E-state index is 0. The Kier molecular flexibility index (Phi) is 5.65. The highest BCUT2D eigenvalue weighted by Crippen LogP contribution is 2.11. The van der Waals surface area contributed by atoms with E-state index in [0.717, 1.165) is 19.6 Å². The predicted octanol–water partition coefficient (Wildman–Crippen LogP) is 0.864. The average Bonchev–Trinajstić information content (AvgIpc) is 2.32. The van der Waals surface area contributed by atoms with Gasteiger partial charge in [0.2, 0.25) is 11.2 Å². The van der Waals surface area contributed by atoms with Crippen molar-refractivity contribution >= 4 is 12.4 Å². The summed E-state index contributed by atoms with van der Waals surface area (Å²) in [5, 5.41) is 3.33. The van der Waals surface area contributed by atoms with Crippen molar-refractivity contribution in [2.24, 2.45) is 0 Å². The molecule has 0 bridgehead atoms.